The highest BCUT2D eigenvalue weighted by Crippen LogP contribution is 2.26. The summed E-state index contributed by atoms with van der Waals surface area (Å²) >= 11 is 1.61. The summed E-state index contributed by atoms with van der Waals surface area (Å²) in [6, 6.07) is 0.558. The summed E-state index contributed by atoms with van der Waals surface area (Å²) in [5, 5.41) is 4.29. The Bertz CT molecular complexity index is 688. The molecule has 0 amide bonds. The molecule has 5 heteroatoms. The number of fused-ring (bicyclic) bond motifs is 1. The molecule has 2 aromatic rings. The highest BCUT2D eigenvalue weighted by molar-refractivity contribution is 7.18. The fraction of sp³-hybridized carbons (Fsp3) is 0.600. The summed E-state index contributed by atoms with van der Waals surface area (Å²) in [5.41, 5.74) is 1.05. The van der Waals surface area contributed by atoms with Crippen LogP contribution in [0.5, 0.6) is 0 Å². The number of nitrogens with zero attached hydrogens (tertiary/aromatic N) is 1. The zero-order chi connectivity index (χ0) is 14.3. The number of nitrogens with one attached hydrogen (secondary N) is 2. The molecule has 0 spiro atoms. The molecule has 3 rings (SSSR count). The Morgan fingerprint density at radius 3 is 2.90 bits per heavy atom. The lowest BCUT2D eigenvalue weighted by Crippen LogP contribution is -2.31. The lowest BCUT2D eigenvalue weighted by atomic mass is 10.1. The molecule has 0 aromatic carbocycles. The molecule has 0 saturated heterocycles. The van der Waals surface area contributed by atoms with Crippen molar-refractivity contribution in [3.63, 3.8) is 0 Å². The average Bonchev–Trinajstić information content (AvgIpc) is 2.92. The molecular weight excluding hydrogens is 270 g/mol. The van der Waals surface area contributed by atoms with Gasteiger partial charge in [-0.1, -0.05) is 13.3 Å². The molecule has 0 aliphatic heterocycles. The summed E-state index contributed by atoms with van der Waals surface area (Å²) in [5.74, 6) is 1.47. The second-order valence-corrected chi connectivity index (χ2v) is 7.07. The van der Waals surface area contributed by atoms with E-state index >= 15 is 0 Å². The van der Waals surface area contributed by atoms with Gasteiger partial charge in [-0.15, -0.1) is 11.3 Å². The highest BCUT2D eigenvalue weighted by atomic mass is 32.1. The fourth-order valence-electron chi connectivity index (χ4n) is 3.06. The smallest absolute Gasteiger partial charge is 0.259 e. The van der Waals surface area contributed by atoms with E-state index in [9.17, 15) is 4.79 Å². The minimum atomic E-state index is -0.00637. The summed E-state index contributed by atoms with van der Waals surface area (Å²) in [6.45, 7) is 6.97. The highest BCUT2D eigenvalue weighted by Gasteiger charge is 2.22. The Morgan fingerprint density at radius 1 is 1.40 bits per heavy atom. The number of thiophene rings is 1. The fourth-order valence-corrected chi connectivity index (χ4v) is 4.11. The Morgan fingerprint density at radius 2 is 2.20 bits per heavy atom. The molecule has 4 nitrogen and oxygen atoms in total. The van der Waals surface area contributed by atoms with Crippen molar-refractivity contribution in [3.8, 4) is 0 Å². The van der Waals surface area contributed by atoms with Gasteiger partial charge in [0.05, 0.1) is 11.9 Å². The Hall–Kier alpha value is -1.20. The summed E-state index contributed by atoms with van der Waals surface area (Å²) in [7, 11) is 0. The molecule has 108 valence electrons. The lowest BCUT2D eigenvalue weighted by Gasteiger charge is -2.16. The second kappa shape index (κ2) is 5.30. The van der Waals surface area contributed by atoms with Gasteiger partial charge in [0, 0.05) is 10.9 Å². The predicted octanol–water partition coefficient (Wildman–Crippen LogP) is 2.88. The van der Waals surface area contributed by atoms with Gasteiger partial charge in [-0.3, -0.25) is 4.79 Å². The monoisotopic (exact) mass is 291 g/mol. The van der Waals surface area contributed by atoms with E-state index in [1.807, 2.05) is 13.8 Å². The Balaban J connectivity index is 1.84. The summed E-state index contributed by atoms with van der Waals surface area (Å²) in [6.07, 6.45) is 3.82. The van der Waals surface area contributed by atoms with Crippen LogP contribution in [0.1, 0.15) is 42.5 Å². The van der Waals surface area contributed by atoms with E-state index in [1.165, 1.54) is 24.1 Å². The number of aromatic nitrogens is 2. The number of aryl methyl sites for hydroxylation is 2. The van der Waals surface area contributed by atoms with E-state index in [0.717, 1.165) is 27.5 Å². The first-order valence-corrected chi connectivity index (χ1v) is 8.10. The maximum atomic E-state index is 12.2. The van der Waals surface area contributed by atoms with Crippen LogP contribution in [0.15, 0.2) is 4.79 Å². The van der Waals surface area contributed by atoms with Crippen LogP contribution in [0.2, 0.25) is 0 Å². The van der Waals surface area contributed by atoms with E-state index < -0.39 is 0 Å². The van der Waals surface area contributed by atoms with Gasteiger partial charge in [0.15, 0.2) is 0 Å². The van der Waals surface area contributed by atoms with Gasteiger partial charge in [0.2, 0.25) is 0 Å². The molecule has 1 fully saturated rings. The van der Waals surface area contributed by atoms with E-state index in [0.29, 0.717) is 12.6 Å². The lowest BCUT2D eigenvalue weighted by molar-refractivity contribution is 0.421. The molecule has 20 heavy (non-hydrogen) atoms. The van der Waals surface area contributed by atoms with Gasteiger partial charge < -0.3 is 10.3 Å². The van der Waals surface area contributed by atoms with Crippen molar-refractivity contribution in [1.82, 2.24) is 15.3 Å². The minimum Gasteiger partial charge on any atom is -0.309 e. The summed E-state index contributed by atoms with van der Waals surface area (Å²) in [4.78, 5) is 21.7. The van der Waals surface area contributed by atoms with Crippen molar-refractivity contribution in [2.75, 3.05) is 0 Å². The van der Waals surface area contributed by atoms with Crippen molar-refractivity contribution in [3.05, 3.63) is 26.6 Å². The predicted molar refractivity (Wildman–Crippen MR) is 83.4 cm³/mol. The van der Waals surface area contributed by atoms with Gasteiger partial charge in [-0.25, -0.2) is 4.98 Å². The van der Waals surface area contributed by atoms with E-state index in [4.69, 9.17) is 0 Å². The third-order valence-corrected chi connectivity index (χ3v) is 5.58. The largest absolute Gasteiger partial charge is 0.309 e. The van der Waals surface area contributed by atoms with Crippen LogP contribution in [0.3, 0.4) is 0 Å². The van der Waals surface area contributed by atoms with E-state index in [-0.39, 0.29) is 5.56 Å². The molecule has 2 N–H and O–H groups in total. The van der Waals surface area contributed by atoms with Crippen LogP contribution in [0.4, 0.5) is 0 Å². The van der Waals surface area contributed by atoms with Crippen molar-refractivity contribution in [2.24, 2.45) is 5.92 Å². The maximum absolute atomic E-state index is 12.2. The molecule has 0 radical (unpaired) electrons. The SMILES string of the molecule is Cc1sc2nc(CNC3CCCC3C)[nH]c(=O)c2c1C. The zero-order valence-electron chi connectivity index (χ0n) is 12.2. The van der Waals surface area contributed by atoms with Crippen molar-refractivity contribution in [1.29, 1.82) is 0 Å². The number of rotatable bonds is 3. The van der Waals surface area contributed by atoms with Crippen LogP contribution in [-0.2, 0) is 6.54 Å². The summed E-state index contributed by atoms with van der Waals surface area (Å²) < 4.78 is 0. The average molecular weight is 291 g/mol. The zero-order valence-corrected chi connectivity index (χ0v) is 13.1. The Kier molecular flexibility index (Phi) is 3.65. The standard InChI is InChI=1S/C15H21N3OS/c1-8-5-4-6-11(8)16-7-12-17-14(19)13-9(2)10(3)20-15(13)18-12/h8,11,16H,4-7H2,1-3H3,(H,17,18,19). The first kappa shape index (κ1) is 13.8. The molecule has 2 aromatic heterocycles. The van der Waals surface area contributed by atoms with Gasteiger partial charge in [0.1, 0.15) is 10.7 Å². The van der Waals surface area contributed by atoms with Crippen LogP contribution < -0.4 is 10.9 Å². The third kappa shape index (κ3) is 2.40. The molecular formula is C15H21N3OS. The van der Waals surface area contributed by atoms with Crippen LogP contribution in [0.25, 0.3) is 10.2 Å². The van der Waals surface area contributed by atoms with Crippen LogP contribution in [-0.4, -0.2) is 16.0 Å². The first-order chi connectivity index (χ1) is 9.56. The van der Waals surface area contributed by atoms with Crippen molar-refractivity contribution < 1.29 is 0 Å². The van der Waals surface area contributed by atoms with Crippen LogP contribution in [0, 0.1) is 19.8 Å². The topological polar surface area (TPSA) is 57.8 Å². The van der Waals surface area contributed by atoms with Gasteiger partial charge >= 0.3 is 0 Å². The van der Waals surface area contributed by atoms with Gasteiger partial charge in [-0.2, -0.15) is 0 Å². The Labute approximate surface area is 122 Å². The second-order valence-electron chi connectivity index (χ2n) is 5.87. The van der Waals surface area contributed by atoms with E-state index in [2.05, 4.69) is 22.2 Å². The van der Waals surface area contributed by atoms with Gasteiger partial charge in [-0.05, 0) is 38.2 Å². The molecule has 2 atom stereocenters. The molecule has 1 aliphatic carbocycles. The number of hydrogen-bond donors (Lipinski definition) is 2. The molecule has 2 unspecified atom stereocenters. The molecule has 0 bridgehead atoms. The quantitative estimate of drug-likeness (QED) is 0.914. The number of H-pyrrole nitrogens is 1. The minimum absolute atomic E-state index is 0.00637. The first-order valence-electron chi connectivity index (χ1n) is 7.28. The third-order valence-electron chi connectivity index (χ3n) is 4.48. The molecule has 1 aliphatic rings. The normalized spacial score (nSPS) is 22.8. The number of aromatic amines is 1. The van der Waals surface area contributed by atoms with Crippen LogP contribution >= 0.6 is 11.3 Å². The maximum Gasteiger partial charge on any atom is 0.259 e. The molecule has 2 heterocycles. The van der Waals surface area contributed by atoms with Crippen molar-refractivity contribution >= 4 is 21.6 Å². The number of hydrogen-bond acceptors (Lipinski definition) is 4. The van der Waals surface area contributed by atoms with E-state index in [1.54, 1.807) is 11.3 Å². The van der Waals surface area contributed by atoms with Gasteiger partial charge in [0.25, 0.3) is 5.56 Å². The molecule has 1 saturated carbocycles. The van der Waals surface area contributed by atoms with Crippen molar-refractivity contribution in [2.45, 2.75) is 52.6 Å².